The molecule has 0 saturated carbocycles. The van der Waals surface area contributed by atoms with Gasteiger partial charge >= 0.3 is 12.1 Å². The molecule has 0 unspecified atom stereocenters. The predicted molar refractivity (Wildman–Crippen MR) is 102 cm³/mol. The highest BCUT2D eigenvalue weighted by Gasteiger charge is 2.35. The van der Waals surface area contributed by atoms with Gasteiger partial charge in [0.2, 0.25) is 5.95 Å². The molecule has 0 radical (unpaired) electrons. The van der Waals surface area contributed by atoms with Gasteiger partial charge in [0.1, 0.15) is 11.4 Å². The van der Waals surface area contributed by atoms with Crippen LogP contribution in [0.2, 0.25) is 0 Å². The Labute approximate surface area is 163 Å². The summed E-state index contributed by atoms with van der Waals surface area (Å²) >= 11 is 0. The van der Waals surface area contributed by atoms with E-state index in [0.29, 0.717) is 33.9 Å². The molecule has 1 aromatic carbocycles. The first kappa shape index (κ1) is 20.1. The molecule has 0 amide bonds. The lowest BCUT2D eigenvalue weighted by Crippen LogP contribution is -2.12. The molecule has 3 aromatic rings. The number of carboxylic acids is 1. The van der Waals surface area contributed by atoms with Gasteiger partial charge in [0, 0.05) is 37.3 Å². The predicted octanol–water partition coefficient (Wildman–Crippen LogP) is 3.66. The second-order valence-electron chi connectivity index (χ2n) is 6.19. The summed E-state index contributed by atoms with van der Waals surface area (Å²) in [5.41, 5.74) is 1.40. The van der Waals surface area contributed by atoms with E-state index in [0.717, 1.165) is 6.08 Å². The maximum absolute atomic E-state index is 13.0. The van der Waals surface area contributed by atoms with Crippen molar-refractivity contribution in [2.24, 2.45) is 7.05 Å². The Balaban J connectivity index is 2.06. The van der Waals surface area contributed by atoms with E-state index in [9.17, 15) is 18.0 Å². The fourth-order valence-electron chi connectivity index (χ4n) is 2.94. The van der Waals surface area contributed by atoms with Crippen molar-refractivity contribution in [3.63, 3.8) is 0 Å². The van der Waals surface area contributed by atoms with Crippen LogP contribution >= 0.6 is 0 Å². The van der Waals surface area contributed by atoms with Crippen molar-refractivity contribution in [1.82, 2.24) is 19.7 Å². The quantitative estimate of drug-likeness (QED) is 0.556. The number of hydrogen-bond acceptors (Lipinski definition) is 6. The van der Waals surface area contributed by atoms with Crippen molar-refractivity contribution in [1.29, 1.82) is 0 Å². The number of alkyl halides is 3. The van der Waals surface area contributed by atoms with Gasteiger partial charge < -0.3 is 15.7 Å². The van der Waals surface area contributed by atoms with Crippen LogP contribution in [0.15, 0.2) is 30.6 Å². The molecule has 0 aliphatic carbocycles. The number of rotatable bonds is 5. The highest BCUT2D eigenvalue weighted by atomic mass is 19.4. The molecule has 11 heteroatoms. The summed E-state index contributed by atoms with van der Waals surface area (Å²) in [6.45, 7) is 1.67. The Morgan fingerprint density at radius 2 is 2.00 bits per heavy atom. The van der Waals surface area contributed by atoms with Crippen LogP contribution in [0.25, 0.3) is 16.5 Å². The molecule has 29 heavy (non-hydrogen) atoms. The van der Waals surface area contributed by atoms with Crippen molar-refractivity contribution >= 4 is 39.9 Å². The number of anilines is 3. The van der Waals surface area contributed by atoms with E-state index in [4.69, 9.17) is 5.11 Å². The molecular formula is C18H17F3N6O2. The third kappa shape index (κ3) is 3.98. The monoisotopic (exact) mass is 406 g/mol. The molecule has 0 aliphatic heterocycles. The molecule has 2 heterocycles. The lowest BCUT2D eigenvalue weighted by molar-refractivity contribution is -0.137. The zero-order chi connectivity index (χ0) is 21.3. The van der Waals surface area contributed by atoms with Gasteiger partial charge in [-0.05, 0) is 18.6 Å². The number of allylic oxidation sites excluding steroid dienone is 1. The summed E-state index contributed by atoms with van der Waals surface area (Å²) in [6, 6.07) is 3.36. The third-order valence-electron chi connectivity index (χ3n) is 4.24. The smallest absolute Gasteiger partial charge is 0.421 e. The fourth-order valence-corrected chi connectivity index (χ4v) is 2.94. The first-order valence-corrected chi connectivity index (χ1v) is 8.37. The third-order valence-corrected chi connectivity index (χ3v) is 4.24. The topological polar surface area (TPSA) is 105 Å². The normalized spacial score (nSPS) is 12.3. The second kappa shape index (κ2) is 7.41. The maximum atomic E-state index is 13.0. The molecular weight excluding hydrogens is 389 g/mol. The van der Waals surface area contributed by atoms with E-state index >= 15 is 0 Å². The number of carboxylic acid groups (broad SMARTS) is 1. The van der Waals surface area contributed by atoms with Crippen LogP contribution in [0, 0.1) is 0 Å². The lowest BCUT2D eigenvalue weighted by atomic mass is 10.0. The van der Waals surface area contributed by atoms with Crippen LogP contribution in [-0.4, -0.2) is 37.9 Å². The van der Waals surface area contributed by atoms with Crippen LogP contribution in [0.5, 0.6) is 0 Å². The molecule has 0 atom stereocenters. The van der Waals surface area contributed by atoms with Crippen molar-refractivity contribution in [3.8, 4) is 0 Å². The molecule has 2 aromatic heterocycles. The number of aryl methyl sites for hydroxylation is 1. The number of benzene rings is 1. The summed E-state index contributed by atoms with van der Waals surface area (Å²) in [5, 5.41) is 19.2. The molecule has 0 bridgehead atoms. The summed E-state index contributed by atoms with van der Waals surface area (Å²) < 4.78 is 40.6. The van der Waals surface area contributed by atoms with Crippen LogP contribution in [0.1, 0.15) is 18.1 Å². The molecule has 152 valence electrons. The zero-order valence-electron chi connectivity index (χ0n) is 15.7. The van der Waals surface area contributed by atoms with Gasteiger partial charge in [-0.3, -0.25) is 4.68 Å². The Hall–Kier alpha value is -3.63. The van der Waals surface area contributed by atoms with E-state index in [1.807, 2.05) is 0 Å². The Kier molecular flexibility index (Phi) is 5.14. The standard InChI is InChI=1S/C18H17F3N6O2/c1-9(6-14(28)29)10-4-5-13(11-7-24-27(3)15(10)11)25-17-23-8-12(18(19,20)21)16(22-2)26-17/h4-8H,1-3H3,(H,28,29)(H2,22,23,25,26)/b9-6+. The van der Waals surface area contributed by atoms with Crippen molar-refractivity contribution in [2.75, 3.05) is 17.7 Å². The van der Waals surface area contributed by atoms with Gasteiger partial charge in [0.05, 0.1) is 17.4 Å². The summed E-state index contributed by atoms with van der Waals surface area (Å²) in [6.07, 6.45) is -1.22. The Morgan fingerprint density at radius 3 is 2.62 bits per heavy atom. The molecule has 0 saturated heterocycles. The molecule has 3 rings (SSSR count). The van der Waals surface area contributed by atoms with Crippen molar-refractivity contribution in [3.05, 3.63) is 41.7 Å². The largest absolute Gasteiger partial charge is 0.478 e. The SMILES string of the molecule is CNc1nc(Nc2ccc(/C(C)=C/C(=O)O)c3c2cnn3C)ncc1C(F)(F)F. The summed E-state index contributed by atoms with van der Waals surface area (Å²) in [4.78, 5) is 18.7. The number of halogens is 3. The highest BCUT2D eigenvalue weighted by Crippen LogP contribution is 2.35. The molecule has 3 N–H and O–H groups in total. The first-order valence-electron chi connectivity index (χ1n) is 8.37. The number of carbonyl (C=O) groups is 1. The highest BCUT2D eigenvalue weighted by molar-refractivity contribution is 6.02. The van der Waals surface area contributed by atoms with Gasteiger partial charge in [0.25, 0.3) is 0 Å². The fraction of sp³-hybridized carbons (Fsp3) is 0.222. The Morgan fingerprint density at radius 1 is 1.28 bits per heavy atom. The van der Waals surface area contributed by atoms with Crippen LogP contribution in [0.3, 0.4) is 0 Å². The second-order valence-corrected chi connectivity index (χ2v) is 6.19. The molecule has 0 aliphatic rings. The average Bonchev–Trinajstić information content (AvgIpc) is 3.02. The number of aromatic nitrogens is 4. The van der Waals surface area contributed by atoms with Crippen molar-refractivity contribution < 1.29 is 23.1 Å². The lowest BCUT2D eigenvalue weighted by Gasteiger charge is -2.14. The van der Waals surface area contributed by atoms with Crippen LogP contribution in [-0.2, 0) is 18.0 Å². The number of aliphatic carboxylic acids is 1. The average molecular weight is 406 g/mol. The van der Waals surface area contributed by atoms with E-state index in [-0.39, 0.29) is 11.8 Å². The van der Waals surface area contributed by atoms with Crippen LogP contribution in [0.4, 0.5) is 30.6 Å². The summed E-state index contributed by atoms with van der Waals surface area (Å²) in [5.74, 6) is -1.45. The van der Waals surface area contributed by atoms with Gasteiger partial charge in [-0.25, -0.2) is 9.78 Å². The van der Waals surface area contributed by atoms with E-state index < -0.39 is 17.7 Å². The zero-order valence-corrected chi connectivity index (χ0v) is 15.7. The number of hydrogen-bond donors (Lipinski definition) is 3. The van der Waals surface area contributed by atoms with Crippen LogP contribution < -0.4 is 10.6 Å². The molecule has 8 nitrogen and oxygen atoms in total. The van der Waals surface area contributed by atoms with Gasteiger partial charge in [-0.1, -0.05) is 6.07 Å². The van der Waals surface area contributed by atoms with Crippen molar-refractivity contribution in [2.45, 2.75) is 13.1 Å². The van der Waals surface area contributed by atoms with Gasteiger partial charge in [-0.15, -0.1) is 0 Å². The number of nitrogens with zero attached hydrogens (tertiary/aromatic N) is 4. The Bertz CT molecular complexity index is 1120. The minimum Gasteiger partial charge on any atom is -0.478 e. The first-order chi connectivity index (χ1) is 13.6. The minimum absolute atomic E-state index is 0.0296. The maximum Gasteiger partial charge on any atom is 0.421 e. The van der Waals surface area contributed by atoms with E-state index in [2.05, 4.69) is 25.7 Å². The van der Waals surface area contributed by atoms with E-state index in [1.54, 1.807) is 37.0 Å². The van der Waals surface area contributed by atoms with Gasteiger partial charge in [0.15, 0.2) is 0 Å². The number of nitrogens with one attached hydrogen (secondary N) is 2. The molecule has 0 fully saturated rings. The number of fused-ring (bicyclic) bond motifs is 1. The van der Waals surface area contributed by atoms with E-state index in [1.165, 1.54) is 7.05 Å². The minimum atomic E-state index is -4.58. The molecule has 0 spiro atoms. The van der Waals surface area contributed by atoms with Gasteiger partial charge in [-0.2, -0.15) is 23.3 Å². The summed E-state index contributed by atoms with van der Waals surface area (Å²) in [7, 11) is 3.05.